The molecular weight excluding hydrogens is 349 g/mol. The van der Waals surface area contributed by atoms with Crippen molar-refractivity contribution in [3.05, 3.63) is 30.1 Å². The largest absolute Gasteiger partial charge is 0.444 e. The Balaban J connectivity index is 1.69. The normalized spacial score (nSPS) is 18.0. The fourth-order valence-corrected chi connectivity index (χ4v) is 3.11. The van der Waals surface area contributed by atoms with Crippen molar-refractivity contribution in [2.45, 2.75) is 45.6 Å². The number of nitrogens with one attached hydrogen (secondary N) is 2. The fraction of sp³-hybridized carbons (Fsp3) is 0.600. The number of hydrogen-bond acceptors (Lipinski definition) is 4. The summed E-state index contributed by atoms with van der Waals surface area (Å²) in [5, 5.41) is 5.55. The van der Waals surface area contributed by atoms with E-state index in [1.54, 1.807) is 12.1 Å². The number of carbonyl (C=O) groups is 2. The fourth-order valence-electron chi connectivity index (χ4n) is 3.11. The molecule has 1 heterocycles. The highest BCUT2D eigenvalue weighted by Crippen LogP contribution is 2.17. The molecule has 1 saturated heterocycles. The molecule has 0 saturated carbocycles. The maximum absolute atomic E-state index is 13.2. The minimum atomic E-state index is -0.502. The van der Waals surface area contributed by atoms with E-state index in [0.717, 1.165) is 25.9 Å². The number of ether oxygens (including phenoxy) is 1. The molecule has 1 aliphatic rings. The van der Waals surface area contributed by atoms with Crippen LogP contribution in [0.15, 0.2) is 24.3 Å². The van der Waals surface area contributed by atoms with E-state index in [1.165, 1.54) is 12.1 Å². The lowest BCUT2D eigenvalue weighted by molar-refractivity contribution is -0.116. The number of nitrogens with zero attached hydrogens (tertiary/aromatic N) is 1. The predicted octanol–water partition coefficient (Wildman–Crippen LogP) is 3.39. The first-order valence-corrected chi connectivity index (χ1v) is 9.46. The lowest BCUT2D eigenvalue weighted by atomic mass is 9.98. The van der Waals surface area contributed by atoms with Crippen LogP contribution in [0.4, 0.5) is 14.9 Å². The molecule has 2 amide bonds. The summed E-state index contributed by atoms with van der Waals surface area (Å²) < 4.78 is 18.4. The first-order valence-electron chi connectivity index (χ1n) is 9.46. The van der Waals surface area contributed by atoms with Gasteiger partial charge in [0.15, 0.2) is 0 Å². The molecule has 7 heteroatoms. The van der Waals surface area contributed by atoms with E-state index in [9.17, 15) is 14.0 Å². The lowest BCUT2D eigenvalue weighted by Crippen LogP contribution is -2.42. The topological polar surface area (TPSA) is 70.7 Å². The van der Waals surface area contributed by atoms with Crippen molar-refractivity contribution in [3.63, 3.8) is 0 Å². The summed E-state index contributed by atoms with van der Waals surface area (Å²) in [7, 11) is 0. The summed E-state index contributed by atoms with van der Waals surface area (Å²) in [6.45, 7) is 8.50. The van der Waals surface area contributed by atoms with Gasteiger partial charge in [0.1, 0.15) is 11.4 Å². The molecule has 1 fully saturated rings. The van der Waals surface area contributed by atoms with Gasteiger partial charge in [0.2, 0.25) is 5.91 Å². The molecule has 1 aliphatic heterocycles. The number of rotatable bonds is 6. The van der Waals surface area contributed by atoms with Crippen LogP contribution >= 0.6 is 0 Å². The maximum atomic E-state index is 13.2. The Hall–Kier alpha value is -2.15. The van der Waals surface area contributed by atoms with Gasteiger partial charge in [0.25, 0.3) is 0 Å². The smallest absolute Gasteiger partial charge is 0.407 e. The molecule has 150 valence electrons. The SMILES string of the molecule is CC(C)(C)OC(=O)NCC1CCCN(CCC(=O)Nc2cccc(F)c2)C1. The highest BCUT2D eigenvalue weighted by Gasteiger charge is 2.22. The molecule has 1 aromatic rings. The second-order valence-corrected chi connectivity index (χ2v) is 8.00. The highest BCUT2D eigenvalue weighted by atomic mass is 19.1. The van der Waals surface area contributed by atoms with E-state index in [4.69, 9.17) is 4.74 Å². The minimum absolute atomic E-state index is 0.130. The number of benzene rings is 1. The predicted molar refractivity (Wildman–Crippen MR) is 103 cm³/mol. The highest BCUT2D eigenvalue weighted by molar-refractivity contribution is 5.90. The molecule has 1 aromatic carbocycles. The third-order valence-electron chi connectivity index (χ3n) is 4.30. The Labute approximate surface area is 160 Å². The molecule has 27 heavy (non-hydrogen) atoms. The molecule has 0 spiro atoms. The van der Waals surface area contributed by atoms with Gasteiger partial charge in [-0.15, -0.1) is 0 Å². The van der Waals surface area contributed by atoms with Gasteiger partial charge >= 0.3 is 6.09 Å². The van der Waals surface area contributed by atoms with Crippen LogP contribution in [0, 0.1) is 11.7 Å². The van der Waals surface area contributed by atoms with Crippen molar-refractivity contribution in [3.8, 4) is 0 Å². The number of amides is 2. The van der Waals surface area contributed by atoms with E-state index in [0.29, 0.717) is 31.1 Å². The Morgan fingerprint density at radius 3 is 2.81 bits per heavy atom. The Kier molecular flexibility index (Phi) is 7.59. The Morgan fingerprint density at radius 2 is 2.11 bits per heavy atom. The van der Waals surface area contributed by atoms with Gasteiger partial charge in [0.05, 0.1) is 0 Å². The standard InChI is InChI=1S/C20H30FN3O3/c1-20(2,3)27-19(26)22-13-15-6-5-10-24(14-15)11-9-18(25)23-17-8-4-7-16(21)12-17/h4,7-8,12,15H,5-6,9-11,13-14H2,1-3H3,(H,22,26)(H,23,25). The number of anilines is 1. The summed E-state index contributed by atoms with van der Waals surface area (Å²) in [5.41, 5.74) is -0.0318. The second-order valence-electron chi connectivity index (χ2n) is 8.00. The van der Waals surface area contributed by atoms with Crippen LogP contribution in [0.1, 0.15) is 40.0 Å². The number of carbonyl (C=O) groups excluding carboxylic acids is 2. The van der Waals surface area contributed by atoms with Crippen LogP contribution in [0.5, 0.6) is 0 Å². The third kappa shape index (κ3) is 8.39. The summed E-state index contributed by atoms with van der Waals surface area (Å²) in [6, 6.07) is 5.88. The van der Waals surface area contributed by atoms with E-state index in [-0.39, 0.29) is 11.7 Å². The van der Waals surface area contributed by atoms with E-state index < -0.39 is 11.7 Å². The molecule has 1 atom stereocenters. The van der Waals surface area contributed by atoms with Gasteiger partial charge in [-0.1, -0.05) is 6.07 Å². The molecule has 2 rings (SSSR count). The first kappa shape index (κ1) is 21.2. The summed E-state index contributed by atoms with van der Waals surface area (Å²) in [6.07, 6.45) is 2.03. The zero-order chi connectivity index (χ0) is 19.9. The molecule has 6 nitrogen and oxygen atoms in total. The number of halogens is 1. The van der Waals surface area contributed by atoms with Gasteiger partial charge in [-0.2, -0.15) is 0 Å². The number of alkyl carbamates (subject to hydrolysis) is 1. The van der Waals surface area contributed by atoms with Crippen molar-refractivity contribution in [1.82, 2.24) is 10.2 Å². The summed E-state index contributed by atoms with van der Waals surface area (Å²) in [4.78, 5) is 26.1. The van der Waals surface area contributed by atoms with Gasteiger partial charge in [-0.05, 0) is 64.3 Å². The number of likely N-dealkylation sites (tertiary alicyclic amines) is 1. The maximum Gasteiger partial charge on any atom is 0.407 e. The van der Waals surface area contributed by atoms with Crippen LogP contribution in [-0.4, -0.2) is 48.7 Å². The molecule has 0 radical (unpaired) electrons. The van der Waals surface area contributed by atoms with Gasteiger partial charge in [-0.25, -0.2) is 9.18 Å². The van der Waals surface area contributed by atoms with Crippen LogP contribution in [0.3, 0.4) is 0 Å². The van der Waals surface area contributed by atoms with Crippen molar-refractivity contribution in [2.24, 2.45) is 5.92 Å². The second kappa shape index (κ2) is 9.69. The van der Waals surface area contributed by atoms with Gasteiger partial charge in [0, 0.05) is 31.7 Å². The summed E-state index contributed by atoms with van der Waals surface area (Å²) in [5.74, 6) is -0.156. The molecule has 1 unspecified atom stereocenters. The van der Waals surface area contributed by atoms with Crippen molar-refractivity contribution in [1.29, 1.82) is 0 Å². The van der Waals surface area contributed by atoms with E-state index >= 15 is 0 Å². The van der Waals surface area contributed by atoms with Gasteiger partial charge < -0.3 is 20.3 Å². The Morgan fingerprint density at radius 1 is 1.33 bits per heavy atom. The average molecular weight is 379 g/mol. The molecule has 0 bridgehead atoms. The van der Waals surface area contributed by atoms with E-state index in [2.05, 4.69) is 15.5 Å². The van der Waals surface area contributed by atoms with Crippen LogP contribution < -0.4 is 10.6 Å². The molecule has 2 N–H and O–H groups in total. The van der Waals surface area contributed by atoms with Crippen LogP contribution in [0.25, 0.3) is 0 Å². The first-order chi connectivity index (χ1) is 12.7. The van der Waals surface area contributed by atoms with Crippen molar-refractivity contribution in [2.75, 3.05) is 31.5 Å². The minimum Gasteiger partial charge on any atom is -0.444 e. The van der Waals surface area contributed by atoms with Crippen LogP contribution in [0.2, 0.25) is 0 Å². The van der Waals surface area contributed by atoms with E-state index in [1.807, 2.05) is 20.8 Å². The number of hydrogen-bond donors (Lipinski definition) is 2. The molecule has 0 aromatic heterocycles. The summed E-state index contributed by atoms with van der Waals surface area (Å²) >= 11 is 0. The zero-order valence-corrected chi connectivity index (χ0v) is 16.4. The van der Waals surface area contributed by atoms with Crippen LogP contribution in [-0.2, 0) is 9.53 Å². The quantitative estimate of drug-likeness (QED) is 0.795. The number of piperidine rings is 1. The lowest BCUT2D eigenvalue weighted by Gasteiger charge is -2.32. The molecule has 0 aliphatic carbocycles. The zero-order valence-electron chi connectivity index (χ0n) is 16.4. The monoisotopic (exact) mass is 379 g/mol. The van der Waals surface area contributed by atoms with Gasteiger partial charge in [-0.3, -0.25) is 4.79 Å². The third-order valence-corrected chi connectivity index (χ3v) is 4.30. The molecular formula is C20H30FN3O3. The Bertz CT molecular complexity index is 646. The average Bonchev–Trinajstić information content (AvgIpc) is 2.57. The van der Waals surface area contributed by atoms with Crippen molar-refractivity contribution >= 4 is 17.7 Å². The van der Waals surface area contributed by atoms with Crippen molar-refractivity contribution < 1.29 is 18.7 Å².